The third kappa shape index (κ3) is 4.52. The van der Waals surface area contributed by atoms with Crippen LogP contribution in [0, 0.1) is 0 Å². The van der Waals surface area contributed by atoms with Crippen molar-refractivity contribution in [1.29, 1.82) is 0 Å². The predicted molar refractivity (Wildman–Crippen MR) is 81.4 cm³/mol. The first-order valence-electron chi connectivity index (χ1n) is 5.10. The third-order valence-corrected chi connectivity index (χ3v) is 4.49. The van der Waals surface area contributed by atoms with E-state index in [1.165, 1.54) is 7.05 Å². The maximum absolute atomic E-state index is 11.2. The van der Waals surface area contributed by atoms with Crippen molar-refractivity contribution < 1.29 is 8.42 Å². The zero-order valence-corrected chi connectivity index (χ0v) is 13.0. The minimum atomic E-state index is -3.19. The number of anilines is 1. The van der Waals surface area contributed by atoms with Gasteiger partial charge in [0.1, 0.15) is 4.99 Å². The van der Waals surface area contributed by atoms with Crippen molar-refractivity contribution in [1.82, 2.24) is 4.72 Å². The fraction of sp³-hybridized carbons (Fsp3) is 0.300. The van der Waals surface area contributed by atoms with Crippen molar-refractivity contribution in [3.8, 4) is 0 Å². The van der Waals surface area contributed by atoms with Crippen LogP contribution in [0.25, 0.3) is 0 Å². The zero-order chi connectivity index (χ0) is 13.8. The van der Waals surface area contributed by atoms with Crippen LogP contribution >= 0.6 is 28.1 Å². The summed E-state index contributed by atoms with van der Waals surface area (Å²) in [5.74, 6) is 0.0121. The Bertz CT molecular complexity index is 546. The Morgan fingerprint density at radius 2 is 2.17 bits per heavy atom. The molecule has 8 heteroatoms. The number of nitrogens with two attached hydrogens (primary N) is 1. The highest BCUT2D eigenvalue weighted by Gasteiger charge is 2.07. The molecule has 0 aliphatic heterocycles. The van der Waals surface area contributed by atoms with Crippen LogP contribution in [0.2, 0.25) is 0 Å². The van der Waals surface area contributed by atoms with Crippen LogP contribution in [0.3, 0.4) is 0 Å². The number of rotatable bonds is 6. The van der Waals surface area contributed by atoms with Gasteiger partial charge in [0.15, 0.2) is 0 Å². The van der Waals surface area contributed by atoms with Gasteiger partial charge in [0, 0.05) is 22.3 Å². The Morgan fingerprint density at radius 1 is 1.50 bits per heavy atom. The molecule has 1 aromatic rings. The average molecular weight is 352 g/mol. The molecular formula is C10H14BrN3O2S2. The van der Waals surface area contributed by atoms with E-state index in [2.05, 4.69) is 26.0 Å². The van der Waals surface area contributed by atoms with Crippen LogP contribution in [-0.4, -0.2) is 32.8 Å². The molecule has 1 aromatic carbocycles. The molecule has 0 saturated heterocycles. The topological polar surface area (TPSA) is 84.2 Å². The van der Waals surface area contributed by atoms with Gasteiger partial charge in [0.2, 0.25) is 10.0 Å². The molecule has 0 radical (unpaired) electrons. The van der Waals surface area contributed by atoms with Crippen LogP contribution in [-0.2, 0) is 10.0 Å². The lowest BCUT2D eigenvalue weighted by Gasteiger charge is -2.09. The van der Waals surface area contributed by atoms with Gasteiger partial charge < -0.3 is 11.1 Å². The fourth-order valence-electron chi connectivity index (χ4n) is 1.26. The maximum atomic E-state index is 11.2. The summed E-state index contributed by atoms with van der Waals surface area (Å²) in [5, 5.41) is 3.01. The molecular weight excluding hydrogens is 338 g/mol. The molecule has 0 aliphatic carbocycles. The van der Waals surface area contributed by atoms with E-state index < -0.39 is 10.0 Å². The molecule has 0 aliphatic rings. The van der Waals surface area contributed by atoms with E-state index in [-0.39, 0.29) is 5.75 Å². The first-order chi connectivity index (χ1) is 8.35. The molecule has 4 N–H and O–H groups in total. The Labute approximate surface area is 120 Å². The third-order valence-electron chi connectivity index (χ3n) is 2.25. The van der Waals surface area contributed by atoms with E-state index in [1.54, 1.807) is 18.2 Å². The molecule has 0 bridgehead atoms. The van der Waals surface area contributed by atoms with Crippen molar-refractivity contribution in [3.05, 3.63) is 28.2 Å². The summed E-state index contributed by atoms with van der Waals surface area (Å²) >= 11 is 8.24. The van der Waals surface area contributed by atoms with E-state index in [9.17, 15) is 8.42 Å². The van der Waals surface area contributed by atoms with E-state index in [0.717, 1.165) is 15.7 Å². The summed E-state index contributed by atoms with van der Waals surface area (Å²) in [6.07, 6.45) is 0. The molecule has 0 spiro atoms. The van der Waals surface area contributed by atoms with Crippen molar-refractivity contribution in [2.24, 2.45) is 5.73 Å². The largest absolute Gasteiger partial charge is 0.389 e. The lowest BCUT2D eigenvalue weighted by Crippen LogP contribution is -2.26. The Balaban J connectivity index is 2.65. The van der Waals surface area contributed by atoms with Crippen LogP contribution in [0.5, 0.6) is 0 Å². The fourth-order valence-corrected chi connectivity index (χ4v) is 2.73. The van der Waals surface area contributed by atoms with Crippen molar-refractivity contribution in [2.45, 2.75) is 0 Å². The molecule has 5 nitrogen and oxygen atoms in total. The summed E-state index contributed by atoms with van der Waals surface area (Å²) in [6, 6.07) is 5.38. The minimum absolute atomic E-state index is 0.0121. The molecule has 1 rings (SSSR count). The van der Waals surface area contributed by atoms with Gasteiger partial charge in [-0.3, -0.25) is 0 Å². The highest BCUT2D eigenvalue weighted by atomic mass is 79.9. The quantitative estimate of drug-likeness (QED) is 0.667. The first-order valence-corrected chi connectivity index (χ1v) is 7.95. The Hall–Kier alpha value is -0.700. The predicted octanol–water partition coefficient (Wildman–Crippen LogP) is 1.04. The number of nitrogens with one attached hydrogen (secondary N) is 2. The highest BCUT2D eigenvalue weighted by molar-refractivity contribution is 9.10. The molecule has 100 valence electrons. The second-order valence-corrected chi connectivity index (χ2v) is 6.85. The molecule has 0 fully saturated rings. The number of hydrogen-bond acceptors (Lipinski definition) is 4. The number of hydrogen-bond donors (Lipinski definition) is 3. The molecule has 0 atom stereocenters. The van der Waals surface area contributed by atoms with Gasteiger partial charge in [-0.1, -0.05) is 12.2 Å². The van der Waals surface area contributed by atoms with Crippen LogP contribution < -0.4 is 15.8 Å². The van der Waals surface area contributed by atoms with Crippen molar-refractivity contribution in [3.63, 3.8) is 0 Å². The van der Waals surface area contributed by atoms with Crippen LogP contribution in [0.4, 0.5) is 5.69 Å². The summed E-state index contributed by atoms with van der Waals surface area (Å²) < 4.78 is 25.4. The van der Waals surface area contributed by atoms with E-state index in [0.29, 0.717) is 11.5 Å². The minimum Gasteiger partial charge on any atom is -0.389 e. The van der Waals surface area contributed by atoms with E-state index in [1.807, 2.05) is 0 Å². The summed E-state index contributed by atoms with van der Waals surface area (Å²) in [6.45, 7) is 0.321. The smallest absolute Gasteiger partial charge is 0.213 e. The van der Waals surface area contributed by atoms with Gasteiger partial charge in [0.25, 0.3) is 0 Å². The maximum Gasteiger partial charge on any atom is 0.213 e. The SMILES string of the molecule is CNS(=O)(=O)CCNc1ccc(C(N)=S)c(Br)c1. The highest BCUT2D eigenvalue weighted by Crippen LogP contribution is 2.21. The number of thiocarbonyl (C=S) groups is 1. The van der Waals surface area contributed by atoms with E-state index >= 15 is 0 Å². The first kappa shape index (κ1) is 15.4. The zero-order valence-electron chi connectivity index (χ0n) is 9.73. The van der Waals surface area contributed by atoms with Gasteiger partial charge in [0.05, 0.1) is 5.75 Å². The Morgan fingerprint density at radius 3 is 2.67 bits per heavy atom. The standard InChI is InChI=1S/C10H14BrN3O2S2/c1-13-18(15,16)5-4-14-7-2-3-8(10(12)17)9(11)6-7/h2-3,6,13-14H,4-5H2,1H3,(H2,12,17). The summed E-state index contributed by atoms with van der Waals surface area (Å²) in [5.41, 5.74) is 7.08. The molecule has 0 aromatic heterocycles. The van der Waals surface area contributed by atoms with Crippen molar-refractivity contribution in [2.75, 3.05) is 24.7 Å². The van der Waals surface area contributed by atoms with Gasteiger partial charge in [-0.25, -0.2) is 13.1 Å². The van der Waals surface area contributed by atoms with Gasteiger partial charge in [-0.2, -0.15) is 0 Å². The lowest BCUT2D eigenvalue weighted by molar-refractivity contribution is 0.588. The molecule has 0 amide bonds. The molecule has 0 unspecified atom stereocenters. The second kappa shape index (κ2) is 6.46. The Kier molecular flexibility index (Phi) is 5.51. The average Bonchev–Trinajstić information content (AvgIpc) is 2.28. The normalized spacial score (nSPS) is 11.2. The van der Waals surface area contributed by atoms with Crippen LogP contribution in [0.1, 0.15) is 5.56 Å². The van der Waals surface area contributed by atoms with Gasteiger partial charge >= 0.3 is 0 Å². The van der Waals surface area contributed by atoms with Gasteiger partial charge in [-0.15, -0.1) is 0 Å². The molecule has 0 heterocycles. The number of benzene rings is 1. The molecule has 0 saturated carbocycles. The van der Waals surface area contributed by atoms with Crippen LogP contribution in [0.15, 0.2) is 22.7 Å². The number of halogens is 1. The summed E-state index contributed by atoms with van der Waals surface area (Å²) in [7, 11) is -1.79. The van der Waals surface area contributed by atoms with Gasteiger partial charge in [-0.05, 0) is 41.2 Å². The number of sulfonamides is 1. The molecule has 18 heavy (non-hydrogen) atoms. The monoisotopic (exact) mass is 351 g/mol. The van der Waals surface area contributed by atoms with Crippen molar-refractivity contribution >= 4 is 48.8 Å². The van der Waals surface area contributed by atoms with E-state index in [4.69, 9.17) is 18.0 Å². The second-order valence-electron chi connectivity index (χ2n) is 3.51. The lowest BCUT2D eigenvalue weighted by atomic mass is 10.2. The summed E-state index contributed by atoms with van der Waals surface area (Å²) in [4.78, 5) is 0.311.